The number of methoxy groups -OCH3 is 1. The summed E-state index contributed by atoms with van der Waals surface area (Å²) >= 11 is 0. The zero-order valence-corrected chi connectivity index (χ0v) is 11.7. The summed E-state index contributed by atoms with van der Waals surface area (Å²) in [5.41, 5.74) is 2.80. The zero-order chi connectivity index (χ0) is 14.1. The van der Waals surface area contributed by atoms with Crippen molar-refractivity contribution in [3.8, 4) is 11.5 Å². The number of rotatable bonds is 8. The van der Waals surface area contributed by atoms with E-state index in [0.29, 0.717) is 30.3 Å². The lowest BCUT2D eigenvalue weighted by atomic mass is 10.2. The topological polar surface area (TPSA) is 56.8 Å². The smallest absolute Gasteiger partial charge is 0.274 e. The molecule has 1 rings (SSSR count). The first-order chi connectivity index (χ1) is 9.22. The van der Waals surface area contributed by atoms with Crippen LogP contribution in [-0.4, -0.2) is 26.2 Å². The molecule has 0 aliphatic carbocycles. The summed E-state index contributed by atoms with van der Waals surface area (Å²) in [4.78, 5) is 16.6. The molecule has 0 aliphatic rings. The molecule has 1 amide bonds. The van der Waals surface area contributed by atoms with Gasteiger partial charge in [0.25, 0.3) is 5.91 Å². The Morgan fingerprint density at radius 1 is 1.26 bits per heavy atom. The zero-order valence-electron chi connectivity index (χ0n) is 11.7. The minimum absolute atomic E-state index is 0.305. The van der Waals surface area contributed by atoms with Gasteiger partial charge in [-0.3, -0.25) is 9.63 Å². The van der Waals surface area contributed by atoms with Crippen molar-refractivity contribution in [2.45, 2.75) is 26.7 Å². The summed E-state index contributed by atoms with van der Waals surface area (Å²) < 4.78 is 10.8. The molecule has 0 bridgehead atoms. The van der Waals surface area contributed by atoms with E-state index in [2.05, 4.69) is 12.4 Å². The van der Waals surface area contributed by atoms with E-state index in [1.807, 2.05) is 0 Å². The molecule has 5 nitrogen and oxygen atoms in total. The second-order valence-electron chi connectivity index (χ2n) is 3.93. The Morgan fingerprint density at radius 2 is 2.05 bits per heavy atom. The summed E-state index contributed by atoms with van der Waals surface area (Å²) in [6.45, 7) is 4.95. The van der Waals surface area contributed by atoms with Gasteiger partial charge in [-0.25, -0.2) is 5.48 Å². The first kappa shape index (κ1) is 15.3. The van der Waals surface area contributed by atoms with Gasteiger partial charge in [0.1, 0.15) is 0 Å². The fourth-order valence-corrected chi connectivity index (χ4v) is 1.45. The Hall–Kier alpha value is -1.75. The third-order valence-electron chi connectivity index (χ3n) is 2.49. The molecule has 0 aromatic heterocycles. The Bertz CT molecular complexity index is 406. The van der Waals surface area contributed by atoms with Crippen molar-refractivity contribution >= 4 is 5.91 Å². The van der Waals surface area contributed by atoms with Crippen molar-refractivity contribution in [2.24, 2.45) is 0 Å². The number of carbonyl (C=O) groups is 1. The Labute approximate surface area is 113 Å². The standard InChI is InChI=1S/C14H21NO4/c1-4-6-9-18-12-8-7-11(10-13(12)17-3)14(16)15-19-5-2/h7-8,10H,4-6,9H2,1-3H3,(H,15,16). The molecule has 0 heterocycles. The van der Waals surface area contributed by atoms with Crippen molar-refractivity contribution < 1.29 is 19.1 Å². The van der Waals surface area contributed by atoms with Crippen molar-refractivity contribution in [1.82, 2.24) is 5.48 Å². The molecule has 0 atom stereocenters. The van der Waals surface area contributed by atoms with Gasteiger partial charge in [0.05, 0.1) is 20.3 Å². The number of amides is 1. The van der Waals surface area contributed by atoms with Gasteiger partial charge in [-0.05, 0) is 31.5 Å². The first-order valence-electron chi connectivity index (χ1n) is 6.45. The molecule has 106 valence electrons. The largest absolute Gasteiger partial charge is 0.493 e. The SMILES string of the molecule is CCCCOc1ccc(C(=O)NOCC)cc1OC. The van der Waals surface area contributed by atoms with Crippen LogP contribution in [0.2, 0.25) is 0 Å². The number of hydroxylamine groups is 1. The second kappa shape index (κ2) is 8.37. The molecule has 0 unspecified atom stereocenters. The molecule has 0 aliphatic heterocycles. The van der Waals surface area contributed by atoms with Crippen LogP contribution in [0.3, 0.4) is 0 Å². The fraction of sp³-hybridized carbons (Fsp3) is 0.500. The van der Waals surface area contributed by atoms with Crippen LogP contribution < -0.4 is 15.0 Å². The van der Waals surface area contributed by atoms with Gasteiger partial charge in [0.15, 0.2) is 11.5 Å². The Morgan fingerprint density at radius 3 is 2.68 bits per heavy atom. The predicted molar refractivity (Wildman–Crippen MR) is 72.5 cm³/mol. The minimum atomic E-state index is -0.305. The number of benzene rings is 1. The predicted octanol–water partition coefficient (Wildman–Crippen LogP) is 2.56. The molecule has 5 heteroatoms. The van der Waals surface area contributed by atoms with Crippen molar-refractivity contribution in [3.05, 3.63) is 23.8 Å². The molecule has 0 spiro atoms. The molecule has 0 fully saturated rings. The highest BCUT2D eigenvalue weighted by atomic mass is 16.6. The van der Waals surface area contributed by atoms with Crippen molar-refractivity contribution in [1.29, 1.82) is 0 Å². The lowest BCUT2D eigenvalue weighted by molar-refractivity contribution is 0.0364. The van der Waals surface area contributed by atoms with Crippen LogP contribution >= 0.6 is 0 Å². The highest BCUT2D eigenvalue weighted by Crippen LogP contribution is 2.28. The molecule has 19 heavy (non-hydrogen) atoms. The van der Waals surface area contributed by atoms with Gasteiger partial charge in [0.2, 0.25) is 0 Å². The van der Waals surface area contributed by atoms with E-state index in [1.54, 1.807) is 32.2 Å². The van der Waals surface area contributed by atoms with Crippen LogP contribution in [0.5, 0.6) is 11.5 Å². The number of hydrogen-bond donors (Lipinski definition) is 1. The van der Waals surface area contributed by atoms with Gasteiger partial charge in [-0.15, -0.1) is 0 Å². The van der Waals surface area contributed by atoms with Crippen LogP contribution in [0, 0.1) is 0 Å². The Balaban J connectivity index is 2.74. The van der Waals surface area contributed by atoms with E-state index in [9.17, 15) is 4.79 Å². The second-order valence-corrected chi connectivity index (χ2v) is 3.93. The van der Waals surface area contributed by atoms with Gasteiger partial charge in [-0.1, -0.05) is 13.3 Å². The van der Waals surface area contributed by atoms with Crippen LogP contribution in [0.4, 0.5) is 0 Å². The van der Waals surface area contributed by atoms with E-state index in [0.717, 1.165) is 12.8 Å². The number of nitrogens with one attached hydrogen (secondary N) is 1. The van der Waals surface area contributed by atoms with Gasteiger partial charge in [-0.2, -0.15) is 0 Å². The van der Waals surface area contributed by atoms with Crippen molar-refractivity contribution in [2.75, 3.05) is 20.3 Å². The highest BCUT2D eigenvalue weighted by molar-refractivity contribution is 5.94. The molecule has 1 aromatic carbocycles. The summed E-state index contributed by atoms with van der Waals surface area (Å²) in [6.07, 6.45) is 2.05. The summed E-state index contributed by atoms with van der Waals surface area (Å²) in [5, 5.41) is 0. The maximum absolute atomic E-state index is 11.7. The molecule has 1 aromatic rings. The number of hydrogen-bond acceptors (Lipinski definition) is 4. The lowest BCUT2D eigenvalue weighted by Crippen LogP contribution is -2.23. The third kappa shape index (κ3) is 4.79. The van der Waals surface area contributed by atoms with Gasteiger partial charge in [0, 0.05) is 5.56 Å². The van der Waals surface area contributed by atoms with E-state index in [4.69, 9.17) is 14.3 Å². The Kier molecular flexibility index (Phi) is 6.74. The average molecular weight is 267 g/mol. The minimum Gasteiger partial charge on any atom is -0.493 e. The first-order valence-corrected chi connectivity index (χ1v) is 6.45. The van der Waals surface area contributed by atoms with E-state index in [1.165, 1.54) is 0 Å². The normalized spacial score (nSPS) is 10.1. The van der Waals surface area contributed by atoms with E-state index >= 15 is 0 Å². The summed E-state index contributed by atoms with van der Waals surface area (Å²) in [5.74, 6) is 0.879. The molecular weight excluding hydrogens is 246 g/mol. The summed E-state index contributed by atoms with van der Waals surface area (Å²) in [6, 6.07) is 5.04. The molecular formula is C14H21NO4. The van der Waals surface area contributed by atoms with Crippen molar-refractivity contribution in [3.63, 3.8) is 0 Å². The molecule has 0 saturated carbocycles. The quantitative estimate of drug-likeness (QED) is 0.581. The maximum atomic E-state index is 11.7. The summed E-state index contributed by atoms with van der Waals surface area (Å²) in [7, 11) is 1.55. The number of carbonyl (C=O) groups excluding carboxylic acids is 1. The fourth-order valence-electron chi connectivity index (χ4n) is 1.45. The van der Waals surface area contributed by atoms with Gasteiger partial charge < -0.3 is 9.47 Å². The van der Waals surface area contributed by atoms with Crippen LogP contribution in [0.15, 0.2) is 18.2 Å². The molecule has 0 radical (unpaired) electrons. The van der Waals surface area contributed by atoms with Crippen LogP contribution in [0.25, 0.3) is 0 Å². The number of unbranched alkanes of at least 4 members (excludes halogenated alkanes) is 1. The molecule has 1 N–H and O–H groups in total. The van der Waals surface area contributed by atoms with Crippen LogP contribution in [0.1, 0.15) is 37.0 Å². The monoisotopic (exact) mass is 267 g/mol. The van der Waals surface area contributed by atoms with Crippen LogP contribution in [-0.2, 0) is 4.84 Å². The third-order valence-corrected chi connectivity index (χ3v) is 2.49. The maximum Gasteiger partial charge on any atom is 0.274 e. The van der Waals surface area contributed by atoms with E-state index in [-0.39, 0.29) is 5.91 Å². The average Bonchev–Trinajstić information content (AvgIpc) is 2.45. The molecule has 0 saturated heterocycles. The number of ether oxygens (including phenoxy) is 2. The lowest BCUT2D eigenvalue weighted by Gasteiger charge is -2.11. The van der Waals surface area contributed by atoms with E-state index < -0.39 is 0 Å². The van der Waals surface area contributed by atoms with Gasteiger partial charge >= 0.3 is 0 Å². The highest BCUT2D eigenvalue weighted by Gasteiger charge is 2.11.